The fourth-order valence-electron chi connectivity index (χ4n) is 1.74. The van der Waals surface area contributed by atoms with Crippen LogP contribution in [0, 0.1) is 11.3 Å². The van der Waals surface area contributed by atoms with E-state index in [1.165, 1.54) is 0 Å². The van der Waals surface area contributed by atoms with Gasteiger partial charge in [0.05, 0.1) is 19.1 Å². The maximum atomic E-state index is 12.1. The monoisotopic (exact) mass is 289 g/mol. The third-order valence-electron chi connectivity index (χ3n) is 2.70. The van der Waals surface area contributed by atoms with Crippen molar-refractivity contribution in [3.63, 3.8) is 0 Å². The molecular formula is C15H19N3O3. The van der Waals surface area contributed by atoms with E-state index in [0.717, 1.165) is 5.56 Å². The first kappa shape index (κ1) is 16.5. The first-order valence-electron chi connectivity index (χ1n) is 6.79. The average Bonchev–Trinajstić information content (AvgIpc) is 2.48. The van der Waals surface area contributed by atoms with E-state index in [1.807, 2.05) is 36.4 Å². The van der Waals surface area contributed by atoms with Crippen LogP contribution in [0.25, 0.3) is 0 Å². The molecule has 0 fully saturated rings. The molecule has 0 saturated carbocycles. The minimum absolute atomic E-state index is 0.225. The number of alkyl carbamates (subject to hydrolysis) is 1. The fourth-order valence-corrected chi connectivity index (χ4v) is 1.74. The van der Waals surface area contributed by atoms with Crippen molar-refractivity contribution in [1.82, 2.24) is 10.6 Å². The van der Waals surface area contributed by atoms with E-state index in [0.29, 0.717) is 6.42 Å². The summed E-state index contributed by atoms with van der Waals surface area (Å²) in [5.74, 6) is -0.331. The molecule has 1 rings (SSSR count). The van der Waals surface area contributed by atoms with Gasteiger partial charge in [-0.15, -0.1) is 0 Å². The van der Waals surface area contributed by atoms with Crippen molar-refractivity contribution in [3.05, 3.63) is 35.9 Å². The molecule has 21 heavy (non-hydrogen) atoms. The van der Waals surface area contributed by atoms with Crippen LogP contribution in [0.4, 0.5) is 4.79 Å². The third-order valence-corrected chi connectivity index (χ3v) is 2.70. The summed E-state index contributed by atoms with van der Waals surface area (Å²) in [6.07, 6.45) is -0.0461. The second-order valence-electron chi connectivity index (χ2n) is 4.31. The van der Waals surface area contributed by atoms with E-state index in [9.17, 15) is 9.59 Å². The summed E-state index contributed by atoms with van der Waals surface area (Å²) in [4.78, 5) is 23.6. The van der Waals surface area contributed by atoms with Crippen LogP contribution in [-0.4, -0.2) is 31.2 Å². The zero-order valence-electron chi connectivity index (χ0n) is 12.0. The number of hydrogen-bond donors (Lipinski definition) is 2. The Kier molecular flexibility index (Phi) is 7.36. The maximum Gasteiger partial charge on any atom is 0.407 e. The quantitative estimate of drug-likeness (QED) is 0.742. The van der Waals surface area contributed by atoms with Crippen molar-refractivity contribution in [2.45, 2.75) is 25.8 Å². The van der Waals surface area contributed by atoms with Gasteiger partial charge >= 0.3 is 6.09 Å². The van der Waals surface area contributed by atoms with Gasteiger partial charge < -0.3 is 15.4 Å². The number of carbonyl (C=O) groups is 2. The van der Waals surface area contributed by atoms with Crippen molar-refractivity contribution < 1.29 is 14.3 Å². The largest absolute Gasteiger partial charge is 0.450 e. The maximum absolute atomic E-state index is 12.1. The molecule has 0 spiro atoms. The van der Waals surface area contributed by atoms with Gasteiger partial charge in [0.25, 0.3) is 0 Å². The molecule has 2 N–H and O–H groups in total. The molecule has 112 valence electrons. The van der Waals surface area contributed by atoms with Gasteiger partial charge in [-0.05, 0) is 12.5 Å². The van der Waals surface area contributed by atoms with Crippen molar-refractivity contribution in [1.29, 1.82) is 5.26 Å². The van der Waals surface area contributed by atoms with Crippen molar-refractivity contribution >= 4 is 12.0 Å². The Morgan fingerprint density at radius 1 is 1.33 bits per heavy atom. The highest BCUT2D eigenvalue weighted by molar-refractivity contribution is 5.85. The summed E-state index contributed by atoms with van der Waals surface area (Å²) in [6.45, 7) is 2.18. The Hall–Kier alpha value is -2.55. The van der Waals surface area contributed by atoms with Crippen molar-refractivity contribution in [2.75, 3.05) is 13.2 Å². The highest BCUT2D eigenvalue weighted by Crippen LogP contribution is 2.04. The molecule has 1 unspecified atom stereocenters. The molecule has 1 aromatic carbocycles. The second-order valence-corrected chi connectivity index (χ2v) is 4.31. The van der Waals surface area contributed by atoms with E-state index in [2.05, 4.69) is 10.6 Å². The van der Waals surface area contributed by atoms with Gasteiger partial charge in [-0.3, -0.25) is 4.79 Å². The van der Waals surface area contributed by atoms with Gasteiger partial charge in [0.15, 0.2) is 0 Å². The van der Waals surface area contributed by atoms with Crippen LogP contribution >= 0.6 is 0 Å². The summed E-state index contributed by atoms with van der Waals surface area (Å²) in [5, 5.41) is 13.6. The molecule has 0 heterocycles. The van der Waals surface area contributed by atoms with Gasteiger partial charge in [-0.1, -0.05) is 30.3 Å². The number of ether oxygens (including phenoxy) is 1. The van der Waals surface area contributed by atoms with E-state index >= 15 is 0 Å². The molecule has 2 amide bonds. The molecule has 0 radical (unpaired) electrons. The lowest BCUT2D eigenvalue weighted by Crippen LogP contribution is -2.48. The summed E-state index contributed by atoms with van der Waals surface area (Å²) in [7, 11) is 0. The predicted octanol–water partition coefficient (Wildman–Crippen LogP) is 1.37. The van der Waals surface area contributed by atoms with Crippen LogP contribution < -0.4 is 10.6 Å². The summed E-state index contributed by atoms with van der Waals surface area (Å²) >= 11 is 0. The number of nitrogens with zero attached hydrogens (tertiary/aromatic N) is 1. The molecule has 0 aliphatic rings. The zero-order valence-corrected chi connectivity index (χ0v) is 12.0. The highest BCUT2D eigenvalue weighted by Gasteiger charge is 2.21. The Bertz CT molecular complexity index is 497. The third kappa shape index (κ3) is 6.43. The van der Waals surface area contributed by atoms with Crippen LogP contribution in [0.1, 0.15) is 18.9 Å². The van der Waals surface area contributed by atoms with Crippen LogP contribution in [0.2, 0.25) is 0 Å². The molecule has 6 nitrogen and oxygen atoms in total. The van der Waals surface area contributed by atoms with Crippen molar-refractivity contribution in [3.8, 4) is 6.07 Å². The van der Waals surface area contributed by atoms with Gasteiger partial charge in [-0.2, -0.15) is 5.26 Å². The predicted molar refractivity (Wildman–Crippen MR) is 77.3 cm³/mol. The molecule has 0 aliphatic carbocycles. The normalized spacial score (nSPS) is 11.0. The summed E-state index contributed by atoms with van der Waals surface area (Å²) in [6, 6.07) is 10.6. The topological polar surface area (TPSA) is 91.2 Å². The average molecular weight is 289 g/mol. The molecular weight excluding hydrogens is 270 g/mol. The smallest absolute Gasteiger partial charge is 0.407 e. The SMILES string of the molecule is CCOC(=O)NC(Cc1ccccc1)C(=O)NCCC#N. The van der Waals surface area contributed by atoms with E-state index < -0.39 is 12.1 Å². The first-order chi connectivity index (χ1) is 10.2. The fraction of sp³-hybridized carbons (Fsp3) is 0.400. The summed E-state index contributed by atoms with van der Waals surface area (Å²) < 4.78 is 4.80. The standard InChI is InChI=1S/C15H19N3O3/c1-2-21-15(20)18-13(14(19)17-10-6-9-16)11-12-7-4-3-5-8-12/h3-5,7-8,13H,2,6,10-11H2,1H3,(H,17,19)(H,18,20). The van der Waals surface area contributed by atoms with Gasteiger partial charge in [0.2, 0.25) is 5.91 Å². The lowest BCUT2D eigenvalue weighted by molar-refractivity contribution is -0.123. The molecule has 6 heteroatoms. The Balaban J connectivity index is 2.67. The van der Waals surface area contributed by atoms with Crippen molar-refractivity contribution in [2.24, 2.45) is 0 Å². The number of nitriles is 1. The number of nitrogens with one attached hydrogen (secondary N) is 2. The number of benzene rings is 1. The number of carbonyl (C=O) groups excluding carboxylic acids is 2. The number of rotatable bonds is 7. The Morgan fingerprint density at radius 3 is 2.67 bits per heavy atom. The Labute approximate surface area is 124 Å². The van der Waals surface area contributed by atoms with Crippen LogP contribution in [0.15, 0.2) is 30.3 Å². The van der Waals surface area contributed by atoms with Crippen LogP contribution in [0.5, 0.6) is 0 Å². The molecule has 0 aliphatic heterocycles. The minimum atomic E-state index is -0.731. The zero-order chi connectivity index (χ0) is 15.5. The minimum Gasteiger partial charge on any atom is -0.450 e. The van der Waals surface area contributed by atoms with E-state index in [-0.39, 0.29) is 25.5 Å². The lowest BCUT2D eigenvalue weighted by Gasteiger charge is -2.18. The molecule has 0 aromatic heterocycles. The Morgan fingerprint density at radius 2 is 2.05 bits per heavy atom. The van der Waals surface area contributed by atoms with E-state index in [1.54, 1.807) is 6.92 Å². The van der Waals surface area contributed by atoms with Gasteiger partial charge in [0, 0.05) is 13.0 Å². The highest BCUT2D eigenvalue weighted by atomic mass is 16.5. The van der Waals surface area contributed by atoms with E-state index in [4.69, 9.17) is 10.00 Å². The number of hydrogen-bond acceptors (Lipinski definition) is 4. The van der Waals surface area contributed by atoms with Crippen LogP contribution in [-0.2, 0) is 16.0 Å². The van der Waals surface area contributed by atoms with Gasteiger partial charge in [0.1, 0.15) is 6.04 Å². The second kappa shape index (κ2) is 9.37. The molecule has 0 saturated heterocycles. The number of amides is 2. The molecule has 1 aromatic rings. The van der Waals surface area contributed by atoms with Crippen LogP contribution in [0.3, 0.4) is 0 Å². The molecule has 1 atom stereocenters. The molecule has 0 bridgehead atoms. The summed E-state index contributed by atoms with van der Waals surface area (Å²) in [5.41, 5.74) is 0.926. The lowest BCUT2D eigenvalue weighted by atomic mass is 10.1. The first-order valence-corrected chi connectivity index (χ1v) is 6.79. The van der Waals surface area contributed by atoms with Gasteiger partial charge in [-0.25, -0.2) is 4.79 Å².